The summed E-state index contributed by atoms with van der Waals surface area (Å²) in [5.41, 5.74) is 4.40. The summed E-state index contributed by atoms with van der Waals surface area (Å²) >= 11 is 0. The lowest BCUT2D eigenvalue weighted by Gasteiger charge is -2.17. The molecule has 1 aromatic heterocycles. The van der Waals surface area contributed by atoms with Crippen LogP contribution in [0, 0.1) is 6.92 Å². The fourth-order valence-corrected chi connectivity index (χ4v) is 3.23. The fraction of sp³-hybridized carbons (Fsp3) is 0.211. The molecule has 1 atom stereocenters. The van der Waals surface area contributed by atoms with Gasteiger partial charge in [-0.15, -0.1) is 0 Å². The summed E-state index contributed by atoms with van der Waals surface area (Å²) in [6.07, 6.45) is 0. The van der Waals surface area contributed by atoms with Crippen molar-refractivity contribution in [2.45, 2.75) is 19.4 Å². The highest BCUT2D eigenvalue weighted by Crippen LogP contribution is 2.40. The molecule has 23 heavy (non-hydrogen) atoms. The molecule has 0 saturated carbocycles. The number of para-hydroxylation sites is 1. The van der Waals surface area contributed by atoms with Crippen molar-refractivity contribution in [1.29, 1.82) is 0 Å². The topological polar surface area (TPSA) is 44.4 Å². The molecule has 3 aromatic rings. The first-order valence-electron chi connectivity index (χ1n) is 7.62. The fourth-order valence-electron chi connectivity index (χ4n) is 3.23. The van der Waals surface area contributed by atoms with Crippen LogP contribution in [-0.2, 0) is 13.7 Å². The SMILES string of the molecule is Cc1ccc(C2c3ccccc3OCc3c2c(=O)on3C)cc1. The second kappa shape index (κ2) is 5.16. The van der Waals surface area contributed by atoms with E-state index in [1.165, 1.54) is 10.3 Å². The van der Waals surface area contributed by atoms with Gasteiger partial charge in [-0.25, -0.2) is 9.53 Å². The number of aromatic nitrogens is 1. The van der Waals surface area contributed by atoms with Gasteiger partial charge in [-0.3, -0.25) is 0 Å². The molecule has 0 fully saturated rings. The highest BCUT2D eigenvalue weighted by Gasteiger charge is 2.32. The van der Waals surface area contributed by atoms with Gasteiger partial charge in [-0.1, -0.05) is 48.0 Å². The Morgan fingerprint density at radius 1 is 1.09 bits per heavy atom. The number of nitrogens with zero attached hydrogens (tertiary/aromatic N) is 1. The van der Waals surface area contributed by atoms with Gasteiger partial charge in [-0.05, 0) is 18.6 Å². The molecular weight excluding hydrogens is 290 g/mol. The Morgan fingerprint density at radius 3 is 2.61 bits per heavy atom. The molecule has 4 nitrogen and oxygen atoms in total. The minimum absolute atomic E-state index is 0.179. The molecule has 0 amide bonds. The Hall–Kier alpha value is -2.75. The quantitative estimate of drug-likeness (QED) is 0.692. The van der Waals surface area contributed by atoms with Crippen LogP contribution in [-0.4, -0.2) is 4.74 Å². The van der Waals surface area contributed by atoms with Gasteiger partial charge in [0.25, 0.3) is 0 Å². The molecule has 0 bridgehead atoms. The van der Waals surface area contributed by atoms with Gasteiger partial charge < -0.3 is 9.26 Å². The third kappa shape index (κ3) is 2.18. The smallest absolute Gasteiger partial charge is 0.362 e. The summed E-state index contributed by atoms with van der Waals surface area (Å²) < 4.78 is 12.7. The van der Waals surface area contributed by atoms with Crippen molar-refractivity contribution in [3.63, 3.8) is 0 Å². The van der Waals surface area contributed by atoms with E-state index in [1.807, 2.05) is 24.3 Å². The largest absolute Gasteiger partial charge is 0.487 e. The lowest BCUT2D eigenvalue weighted by molar-refractivity contribution is 0.239. The van der Waals surface area contributed by atoms with Crippen LogP contribution in [0.4, 0.5) is 0 Å². The van der Waals surface area contributed by atoms with Crippen molar-refractivity contribution in [2.75, 3.05) is 0 Å². The first kappa shape index (κ1) is 13.9. The van der Waals surface area contributed by atoms with Gasteiger partial charge in [0, 0.05) is 18.5 Å². The van der Waals surface area contributed by atoms with Crippen LogP contribution in [0.2, 0.25) is 0 Å². The van der Waals surface area contributed by atoms with Crippen molar-refractivity contribution in [3.8, 4) is 5.75 Å². The second-order valence-electron chi connectivity index (χ2n) is 5.91. The molecule has 0 saturated heterocycles. The van der Waals surface area contributed by atoms with Crippen molar-refractivity contribution in [1.82, 2.24) is 4.74 Å². The molecule has 0 N–H and O–H groups in total. The van der Waals surface area contributed by atoms with Gasteiger partial charge >= 0.3 is 5.63 Å². The zero-order valence-corrected chi connectivity index (χ0v) is 13.1. The number of fused-ring (bicyclic) bond motifs is 2. The molecule has 2 heterocycles. The Labute approximate surface area is 133 Å². The lowest BCUT2D eigenvalue weighted by Crippen LogP contribution is -2.12. The molecular formula is C19H17NO3. The van der Waals surface area contributed by atoms with E-state index in [-0.39, 0.29) is 11.5 Å². The molecule has 2 aromatic carbocycles. The molecule has 0 spiro atoms. The van der Waals surface area contributed by atoms with E-state index in [1.54, 1.807) is 7.05 Å². The Balaban J connectivity index is 2.02. The van der Waals surface area contributed by atoms with Crippen LogP contribution in [0.1, 0.15) is 33.9 Å². The van der Waals surface area contributed by atoms with Crippen LogP contribution in [0.3, 0.4) is 0 Å². The summed E-state index contributed by atoms with van der Waals surface area (Å²) in [6.45, 7) is 2.38. The number of aryl methyl sites for hydroxylation is 2. The van der Waals surface area contributed by atoms with Crippen LogP contribution in [0.15, 0.2) is 57.8 Å². The first-order chi connectivity index (χ1) is 11.1. The van der Waals surface area contributed by atoms with E-state index in [9.17, 15) is 4.79 Å². The van der Waals surface area contributed by atoms with E-state index in [0.29, 0.717) is 12.2 Å². The maximum absolute atomic E-state index is 12.5. The van der Waals surface area contributed by atoms with Gasteiger partial charge in [0.05, 0.1) is 5.56 Å². The van der Waals surface area contributed by atoms with Crippen molar-refractivity contribution >= 4 is 0 Å². The van der Waals surface area contributed by atoms with E-state index >= 15 is 0 Å². The number of rotatable bonds is 1. The maximum Gasteiger partial charge on any atom is 0.362 e. The molecule has 0 aliphatic carbocycles. The van der Waals surface area contributed by atoms with Crippen LogP contribution < -0.4 is 10.4 Å². The summed E-state index contributed by atoms with van der Waals surface area (Å²) in [4.78, 5) is 12.5. The van der Waals surface area contributed by atoms with Crippen molar-refractivity contribution in [2.24, 2.45) is 7.05 Å². The Morgan fingerprint density at radius 2 is 1.83 bits per heavy atom. The van der Waals surface area contributed by atoms with Crippen molar-refractivity contribution < 1.29 is 9.26 Å². The number of hydrogen-bond acceptors (Lipinski definition) is 3. The predicted molar refractivity (Wildman–Crippen MR) is 86.8 cm³/mol. The number of ether oxygens (including phenoxy) is 1. The zero-order chi connectivity index (χ0) is 16.0. The molecule has 4 heteroatoms. The molecule has 116 valence electrons. The molecule has 4 rings (SSSR count). The molecule has 1 aliphatic heterocycles. The Kier molecular flexibility index (Phi) is 3.11. The average Bonchev–Trinajstić information content (AvgIpc) is 2.73. The molecule has 1 unspecified atom stereocenters. The normalized spacial score (nSPS) is 16.2. The highest BCUT2D eigenvalue weighted by atomic mass is 16.5. The standard InChI is InChI=1S/C19H17NO3/c1-12-7-9-13(10-8-12)17-14-5-3-4-6-16(14)22-11-15-18(17)19(21)23-20(15)2/h3-10,17H,11H2,1-2H3. The second-order valence-corrected chi connectivity index (χ2v) is 5.91. The van der Waals surface area contributed by atoms with Gasteiger partial charge in [0.15, 0.2) is 0 Å². The van der Waals surface area contributed by atoms with Crippen LogP contribution in [0.5, 0.6) is 5.75 Å². The van der Waals surface area contributed by atoms with Gasteiger partial charge in [0.2, 0.25) is 0 Å². The van der Waals surface area contributed by atoms with E-state index in [2.05, 4.69) is 31.2 Å². The van der Waals surface area contributed by atoms with E-state index in [0.717, 1.165) is 22.6 Å². The Bertz CT molecular complexity index is 919. The third-order valence-corrected chi connectivity index (χ3v) is 4.42. The highest BCUT2D eigenvalue weighted by molar-refractivity contribution is 5.51. The maximum atomic E-state index is 12.5. The van der Waals surface area contributed by atoms with Gasteiger partial charge in [0.1, 0.15) is 18.1 Å². The van der Waals surface area contributed by atoms with E-state index in [4.69, 9.17) is 9.26 Å². The molecule has 1 aliphatic rings. The summed E-state index contributed by atoms with van der Waals surface area (Å²) in [7, 11) is 1.74. The average molecular weight is 307 g/mol. The van der Waals surface area contributed by atoms with E-state index < -0.39 is 0 Å². The third-order valence-electron chi connectivity index (χ3n) is 4.42. The van der Waals surface area contributed by atoms with Gasteiger partial charge in [-0.2, -0.15) is 0 Å². The lowest BCUT2D eigenvalue weighted by atomic mass is 9.85. The van der Waals surface area contributed by atoms with Crippen molar-refractivity contribution in [3.05, 3.63) is 86.9 Å². The predicted octanol–water partition coefficient (Wildman–Crippen LogP) is 3.36. The minimum Gasteiger partial charge on any atom is -0.487 e. The number of hydrogen-bond donors (Lipinski definition) is 0. The summed E-state index contributed by atoms with van der Waals surface area (Å²) in [5.74, 6) is 0.635. The molecule has 0 radical (unpaired) electrons. The van der Waals surface area contributed by atoms with Crippen LogP contribution in [0.25, 0.3) is 0 Å². The monoisotopic (exact) mass is 307 g/mol. The number of benzene rings is 2. The van der Waals surface area contributed by atoms with Crippen LogP contribution >= 0.6 is 0 Å². The summed E-state index contributed by atoms with van der Waals surface area (Å²) in [6, 6.07) is 16.1. The summed E-state index contributed by atoms with van der Waals surface area (Å²) in [5, 5.41) is 0. The first-order valence-corrected chi connectivity index (χ1v) is 7.62. The zero-order valence-electron chi connectivity index (χ0n) is 13.1. The minimum atomic E-state index is -0.298.